The van der Waals surface area contributed by atoms with Crippen LogP contribution in [0.2, 0.25) is 0 Å². The summed E-state index contributed by atoms with van der Waals surface area (Å²) in [6, 6.07) is 16.2. The molecule has 284 valence electrons. The number of hydrogen-bond acceptors (Lipinski definition) is 10. The molecule has 0 bridgehead atoms. The molecule has 2 saturated heterocycles. The summed E-state index contributed by atoms with van der Waals surface area (Å²) >= 11 is 0. The van der Waals surface area contributed by atoms with Crippen molar-refractivity contribution >= 4 is 35.3 Å². The first-order valence-electron chi connectivity index (χ1n) is 17.7. The minimum atomic E-state index is -0.935. The fourth-order valence-electron chi connectivity index (χ4n) is 6.95. The number of aromatic nitrogens is 3. The van der Waals surface area contributed by atoms with E-state index in [0.29, 0.717) is 40.3 Å². The Bertz CT molecular complexity index is 2070. The Morgan fingerprint density at radius 2 is 1.78 bits per heavy atom. The number of carbonyl (C=O) groups excluding carboxylic acids is 3. The summed E-state index contributed by atoms with van der Waals surface area (Å²) in [6.45, 7) is 12.1. The number of carbonyl (C=O) groups is 3. The first-order chi connectivity index (χ1) is 25.5. The number of likely N-dealkylation sites (tertiary alicyclic amines) is 1. The molecule has 3 amide bonds. The van der Waals surface area contributed by atoms with Crippen LogP contribution < -0.4 is 15.1 Å². The predicted octanol–water partition coefficient (Wildman–Crippen LogP) is 6.47. The summed E-state index contributed by atoms with van der Waals surface area (Å²) in [5.41, 5.74) is 0.631. The topological polar surface area (TPSA) is 155 Å². The number of nitrogens with zero attached hydrogens (tertiary/aromatic N) is 7. The molecule has 3 atom stereocenters. The maximum absolute atomic E-state index is 13.8. The number of nitrogens with one attached hydrogen (secondary N) is 1. The van der Waals surface area contributed by atoms with Gasteiger partial charge in [-0.3, -0.25) is 9.80 Å². The van der Waals surface area contributed by atoms with Gasteiger partial charge in [-0.2, -0.15) is 10.4 Å². The number of anilines is 2. The zero-order valence-electron chi connectivity index (χ0n) is 31.5. The Labute approximate surface area is 313 Å². The number of alkyl carbamates (subject to hydrolysis) is 1. The minimum Gasteiger partial charge on any atom is -0.445 e. The highest BCUT2D eigenvalue weighted by molar-refractivity contribution is 5.92. The van der Waals surface area contributed by atoms with Gasteiger partial charge in [-0.25, -0.2) is 28.3 Å². The maximum Gasteiger partial charge on any atom is 0.414 e. The van der Waals surface area contributed by atoms with Crippen molar-refractivity contribution < 1.29 is 33.0 Å². The van der Waals surface area contributed by atoms with Crippen LogP contribution in [-0.2, 0) is 20.8 Å². The van der Waals surface area contributed by atoms with Gasteiger partial charge in [0.05, 0.1) is 53.3 Å². The molecule has 15 heteroatoms. The molecular weight excluding hydrogens is 695 g/mol. The van der Waals surface area contributed by atoms with Crippen molar-refractivity contribution in [1.29, 1.82) is 5.26 Å². The molecule has 4 aromatic rings. The molecule has 0 spiro atoms. The first kappa shape index (κ1) is 37.8. The van der Waals surface area contributed by atoms with E-state index in [4.69, 9.17) is 19.2 Å². The van der Waals surface area contributed by atoms with Crippen LogP contribution in [0, 0.1) is 11.3 Å². The second-order valence-corrected chi connectivity index (χ2v) is 15.7. The SMILES string of the molecule is CC(C)(C)OC(=O)N(CCF)c1cc(-c2ccc(N3C[C@H]4[C@@H]3C(C)(NC(=O)OCc3ccccc3)CN4C(=O)OC(C)(C)C)nc2)c2c(C#N)cnn2c1. The summed E-state index contributed by atoms with van der Waals surface area (Å²) in [4.78, 5) is 49.4. The zero-order valence-corrected chi connectivity index (χ0v) is 31.5. The number of hydrogen-bond donors (Lipinski definition) is 1. The average molecular weight is 741 g/mol. The van der Waals surface area contributed by atoms with Crippen LogP contribution in [0.15, 0.2) is 67.1 Å². The molecule has 2 aliphatic rings. The number of rotatable bonds is 8. The van der Waals surface area contributed by atoms with E-state index in [1.54, 1.807) is 64.9 Å². The Balaban J connectivity index is 1.30. The third-order valence-corrected chi connectivity index (χ3v) is 9.17. The van der Waals surface area contributed by atoms with Gasteiger partial charge in [0.2, 0.25) is 0 Å². The molecule has 0 aliphatic carbocycles. The standard InChI is InChI=1S/C39H45FN8O6/c1-37(2,3)53-35(50)45(16-15-40)28-17-29(32-27(18-41)20-43-48(32)21-28)26-13-14-31(42-19-26)46-22-30-33(46)39(7,24-47(30)36(51)54-38(4,5)6)44-34(49)52-23-25-11-9-8-10-12-25/h8-14,17,19-21,30,33H,15-16,22-24H2,1-7H3,(H,44,49)/t30-,33+,39?/m0/s1. The number of alkyl halides is 1. The lowest BCUT2D eigenvalue weighted by molar-refractivity contribution is 0.0190. The zero-order chi connectivity index (χ0) is 39.0. The Kier molecular flexibility index (Phi) is 10.2. The van der Waals surface area contributed by atoms with E-state index in [-0.39, 0.29) is 31.8 Å². The lowest BCUT2D eigenvalue weighted by atomic mass is 9.84. The van der Waals surface area contributed by atoms with Crippen LogP contribution in [0.25, 0.3) is 16.6 Å². The highest BCUT2D eigenvalue weighted by Crippen LogP contribution is 2.43. The molecule has 3 aromatic heterocycles. The third-order valence-electron chi connectivity index (χ3n) is 9.17. The molecule has 14 nitrogen and oxygen atoms in total. The molecule has 1 unspecified atom stereocenters. The smallest absolute Gasteiger partial charge is 0.414 e. The van der Waals surface area contributed by atoms with E-state index in [1.165, 1.54) is 15.6 Å². The van der Waals surface area contributed by atoms with Crippen molar-refractivity contribution in [2.75, 3.05) is 36.1 Å². The van der Waals surface area contributed by atoms with Gasteiger partial charge in [0, 0.05) is 30.4 Å². The second-order valence-electron chi connectivity index (χ2n) is 15.7. The predicted molar refractivity (Wildman–Crippen MR) is 199 cm³/mol. The normalized spacial score (nSPS) is 19.4. The fraction of sp³-hybridized carbons (Fsp3) is 0.436. The molecule has 5 heterocycles. The largest absolute Gasteiger partial charge is 0.445 e. The Hall–Kier alpha value is -5.91. The Morgan fingerprint density at radius 1 is 1.06 bits per heavy atom. The van der Waals surface area contributed by atoms with Crippen LogP contribution in [0.3, 0.4) is 0 Å². The highest BCUT2D eigenvalue weighted by atomic mass is 19.1. The molecule has 1 aromatic carbocycles. The van der Waals surface area contributed by atoms with Crippen LogP contribution >= 0.6 is 0 Å². The van der Waals surface area contributed by atoms with E-state index >= 15 is 0 Å². The summed E-state index contributed by atoms with van der Waals surface area (Å²) in [6.07, 6.45) is 2.80. The molecule has 1 N–H and O–H groups in total. The molecule has 2 fully saturated rings. The van der Waals surface area contributed by atoms with E-state index in [2.05, 4.69) is 16.5 Å². The van der Waals surface area contributed by atoms with Crippen molar-refractivity contribution in [1.82, 2.24) is 24.8 Å². The molecule has 2 aliphatic heterocycles. The molecule has 54 heavy (non-hydrogen) atoms. The molecular formula is C39H45FN8O6. The van der Waals surface area contributed by atoms with Crippen molar-refractivity contribution in [2.24, 2.45) is 0 Å². The van der Waals surface area contributed by atoms with E-state index < -0.39 is 41.7 Å². The number of benzene rings is 1. The van der Waals surface area contributed by atoms with Gasteiger partial charge in [-0.1, -0.05) is 30.3 Å². The monoisotopic (exact) mass is 740 g/mol. The van der Waals surface area contributed by atoms with Gasteiger partial charge in [0.25, 0.3) is 0 Å². The van der Waals surface area contributed by atoms with Gasteiger partial charge in [-0.05, 0) is 72.2 Å². The van der Waals surface area contributed by atoms with Crippen molar-refractivity contribution in [3.8, 4) is 17.2 Å². The fourth-order valence-corrected chi connectivity index (χ4v) is 6.95. The first-order valence-corrected chi connectivity index (χ1v) is 17.7. The van der Waals surface area contributed by atoms with Crippen LogP contribution in [0.5, 0.6) is 0 Å². The second kappa shape index (κ2) is 14.5. The minimum absolute atomic E-state index is 0.0852. The quantitative estimate of drug-likeness (QED) is 0.199. The molecule has 0 radical (unpaired) electrons. The summed E-state index contributed by atoms with van der Waals surface area (Å²) < 4.78 is 32.1. The number of amides is 3. The third kappa shape index (κ3) is 7.87. The summed E-state index contributed by atoms with van der Waals surface area (Å²) in [5, 5.41) is 17.3. The van der Waals surface area contributed by atoms with E-state index in [9.17, 15) is 24.0 Å². The van der Waals surface area contributed by atoms with Gasteiger partial charge >= 0.3 is 18.3 Å². The van der Waals surface area contributed by atoms with Gasteiger partial charge < -0.3 is 24.4 Å². The number of fused-ring (bicyclic) bond motifs is 2. The lowest BCUT2D eigenvalue weighted by Gasteiger charge is -2.51. The van der Waals surface area contributed by atoms with E-state index in [0.717, 1.165) is 5.56 Å². The number of halogens is 1. The maximum atomic E-state index is 13.8. The Morgan fingerprint density at radius 3 is 2.41 bits per heavy atom. The van der Waals surface area contributed by atoms with E-state index in [1.807, 2.05) is 54.3 Å². The van der Waals surface area contributed by atoms with Crippen molar-refractivity contribution in [2.45, 2.75) is 83.9 Å². The number of ether oxygens (including phenoxy) is 3. The van der Waals surface area contributed by atoms with Gasteiger partial charge in [0.1, 0.15) is 36.4 Å². The summed E-state index contributed by atoms with van der Waals surface area (Å²) in [5.74, 6) is 0.589. The average Bonchev–Trinajstić information content (AvgIpc) is 3.60. The van der Waals surface area contributed by atoms with Crippen LogP contribution in [0.1, 0.15) is 59.6 Å². The summed E-state index contributed by atoms with van der Waals surface area (Å²) in [7, 11) is 0. The van der Waals surface area contributed by atoms with Gasteiger partial charge in [-0.15, -0.1) is 0 Å². The van der Waals surface area contributed by atoms with Crippen LogP contribution in [-0.4, -0.2) is 92.9 Å². The van der Waals surface area contributed by atoms with Crippen LogP contribution in [0.4, 0.5) is 30.3 Å². The lowest BCUT2D eigenvalue weighted by Crippen LogP contribution is -2.71. The number of pyridine rings is 2. The van der Waals surface area contributed by atoms with Crippen molar-refractivity contribution in [3.05, 3.63) is 78.2 Å². The number of nitriles is 1. The highest BCUT2D eigenvalue weighted by Gasteiger charge is 2.62. The molecule has 0 saturated carbocycles. The molecule has 6 rings (SSSR count). The van der Waals surface area contributed by atoms with Crippen molar-refractivity contribution in [3.63, 3.8) is 0 Å². The van der Waals surface area contributed by atoms with Gasteiger partial charge in [0.15, 0.2) is 0 Å².